The van der Waals surface area contributed by atoms with E-state index in [1.807, 2.05) is 0 Å². The first-order valence-electron chi connectivity index (χ1n) is 7.81. The number of nitrogens with one attached hydrogen (secondary N) is 1. The molecule has 0 aromatic heterocycles. The van der Waals surface area contributed by atoms with Gasteiger partial charge in [-0.2, -0.15) is 0 Å². The van der Waals surface area contributed by atoms with Gasteiger partial charge in [-0.15, -0.1) is 0 Å². The third-order valence-corrected chi connectivity index (χ3v) is 3.70. The topological polar surface area (TPSA) is 58.6 Å². The number of benzene rings is 2. The van der Waals surface area contributed by atoms with Crippen molar-refractivity contribution in [3.05, 3.63) is 65.2 Å². The van der Waals surface area contributed by atoms with Gasteiger partial charge in [-0.05, 0) is 36.4 Å². The van der Waals surface area contributed by atoms with E-state index >= 15 is 0 Å². The minimum absolute atomic E-state index is 0.0627. The number of hydrogen-bond donors (Lipinski definition) is 1. The van der Waals surface area contributed by atoms with Gasteiger partial charge in [0, 0.05) is 11.3 Å². The van der Waals surface area contributed by atoms with E-state index in [1.165, 1.54) is 11.0 Å². The number of rotatable bonds is 3. The van der Waals surface area contributed by atoms with Crippen LogP contribution in [0.15, 0.2) is 42.5 Å². The van der Waals surface area contributed by atoms with Crippen molar-refractivity contribution in [1.82, 2.24) is 5.32 Å². The van der Waals surface area contributed by atoms with Gasteiger partial charge in [-0.25, -0.2) is 13.6 Å². The Morgan fingerprint density at radius 2 is 1.85 bits per heavy atom. The van der Waals surface area contributed by atoms with Gasteiger partial charge in [0.05, 0.1) is 13.1 Å². The summed E-state index contributed by atoms with van der Waals surface area (Å²) in [6.45, 7) is 0.804. The molecule has 0 radical (unpaired) electrons. The minimum atomic E-state index is -0.925. The Hall–Kier alpha value is -3.40. The first-order valence-corrected chi connectivity index (χ1v) is 7.81. The molecular formula is C19H14F2N2O3. The summed E-state index contributed by atoms with van der Waals surface area (Å²) in [6.07, 6.45) is -0.382. The number of nitrogens with zero attached hydrogens (tertiary/aromatic N) is 1. The number of ether oxygens (including phenoxy) is 1. The van der Waals surface area contributed by atoms with Gasteiger partial charge in [0.25, 0.3) is 5.91 Å². The van der Waals surface area contributed by atoms with E-state index in [-0.39, 0.29) is 12.6 Å². The second-order valence-corrected chi connectivity index (χ2v) is 5.39. The fraction of sp³-hybridized carbons (Fsp3) is 0.158. The van der Waals surface area contributed by atoms with Gasteiger partial charge in [0.2, 0.25) is 0 Å². The zero-order valence-corrected chi connectivity index (χ0v) is 13.6. The van der Waals surface area contributed by atoms with Crippen molar-refractivity contribution in [2.45, 2.75) is 0 Å². The number of amides is 2. The highest BCUT2D eigenvalue weighted by atomic mass is 19.1. The summed E-state index contributed by atoms with van der Waals surface area (Å²) in [5.41, 5.74) is 0.755. The Labute approximate surface area is 148 Å². The molecule has 1 saturated heterocycles. The van der Waals surface area contributed by atoms with Crippen LogP contribution in [0.4, 0.5) is 19.3 Å². The van der Waals surface area contributed by atoms with E-state index in [0.717, 1.165) is 12.1 Å². The van der Waals surface area contributed by atoms with Gasteiger partial charge in [0.1, 0.15) is 23.8 Å². The van der Waals surface area contributed by atoms with Crippen LogP contribution in [0.25, 0.3) is 0 Å². The van der Waals surface area contributed by atoms with Crippen molar-refractivity contribution in [2.24, 2.45) is 0 Å². The number of halogens is 2. The minimum Gasteiger partial charge on any atom is -0.447 e. The number of anilines is 1. The molecule has 7 heteroatoms. The van der Waals surface area contributed by atoms with Gasteiger partial charge in [0.15, 0.2) is 0 Å². The Bertz CT molecular complexity index is 881. The average molecular weight is 356 g/mol. The molecule has 0 saturated carbocycles. The summed E-state index contributed by atoms with van der Waals surface area (Å²) in [7, 11) is 0. The Morgan fingerprint density at radius 1 is 1.15 bits per heavy atom. The van der Waals surface area contributed by atoms with Gasteiger partial charge in [-0.1, -0.05) is 17.9 Å². The molecule has 5 nitrogen and oxygen atoms in total. The highest BCUT2D eigenvalue weighted by Gasteiger charge is 2.23. The molecule has 2 aromatic carbocycles. The number of carbonyl (C=O) groups excluding carboxylic acids is 2. The summed E-state index contributed by atoms with van der Waals surface area (Å²) in [4.78, 5) is 24.8. The average Bonchev–Trinajstić information content (AvgIpc) is 3.05. The molecule has 3 rings (SSSR count). The van der Waals surface area contributed by atoms with Crippen molar-refractivity contribution < 1.29 is 23.1 Å². The molecule has 0 aliphatic carbocycles. The molecule has 1 N–H and O–H groups in total. The van der Waals surface area contributed by atoms with Crippen LogP contribution in [0.2, 0.25) is 0 Å². The van der Waals surface area contributed by atoms with Gasteiger partial charge >= 0.3 is 6.09 Å². The predicted molar refractivity (Wildman–Crippen MR) is 90.7 cm³/mol. The molecule has 0 atom stereocenters. The molecule has 0 bridgehead atoms. The van der Waals surface area contributed by atoms with Crippen molar-refractivity contribution in [2.75, 3.05) is 24.6 Å². The Morgan fingerprint density at radius 3 is 2.46 bits per heavy atom. The van der Waals surface area contributed by atoms with Crippen LogP contribution in [0.5, 0.6) is 0 Å². The molecule has 1 aliphatic rings. The van der Waals surface area contributed by atoms with Crippen molar-refractivity contribution in [1.29, 1.82) is 0 Å². The summed E-state index contributed by atoms with van der Waals surface area (Å²) < 4.78 is 31.9. The maximum absolute atomic E-state index is 13.5. The van der Waals surface area contributed by atoms with Gasteiger partial charge in [-0.3, -0.25) is 9.69 Å². The molecule has 0 unspecified atom stereocenters. The Balaban J connectivity index is 1.58. The molecule has 132 valence electrons. The number of hydrogen-bond acceptors (Lipinski definition) is 3. The number of cyclic esters (lactones) is 1. The van der Waals surface area contributed by atoms with Crippen molar-refractivity contribution >= 4 is 17.7 Å². The third-order valence-electron chi connectivity index (χ3n) is 3.70. The van der Waals surface area contributed by atoms with E-state index in [2.05, 4.69) is 17.2 Å². The molecule has 2 amide bonds. The Kier molecular flexibility index (Phi) is 5.13. The van der Waals surface area contributed by atoms with Crippen LogP contribution in [0, 0.1) is 23.5 Å². The van der Waals surface area contributed by atoms with Crippen LogP contribution in [-0.4, -0.2) is 31.7 Å². The lowest BCUT2D eigenvalue weighted by Crippen LogP contribution is -2.25. The van der Waals surface area contributed by atoms with E-state index in [1.54, 1.807) is 24.3 Å². The molecule has 1 fully saturated rings. The zero-order valence-electron chi connectivity index (χ0n) is 13.6. The molecule has 26 heavy (non-hydrogen) atoms. The van der Waals surface area contributed by atoms with Crippen LogP contribution in [0.1, 0.15) is 15.9 Å². The maximum atomic E-state index is 13.5. The summed E-state index contributed by atoms with van der Waals surface area (Å²) >= 11 is 0. The summed E-state index contributed by atoms with van der Waals surface area (Å²) in [5.74, 6) is 2.82. The second-order valence-electron chi connectivity index (χ2n) is 5.39. The highest BCUT2D eigenvalue weighted by molar-refractivity contribution is 5.94. The highest BCUT2D eigenvalue weighted by Crippen LogP contribution is 2.18. The molecule has 1 aliphatic heterocycles. The predicted octanol–water partition coefficient (Wildman–Crippen LogP) is 2.70. The largest absolute Gasteiger partial charge is 0.447 e. The molecular weight excluding hydrogens is 342 g/mol. The second kappa shape index (κ2) is 7.66. The van der Waals surface area contributed by atoms with Gasteiger partial charge < -0.3 is 10.1 Å². The fourth-order valence-electron chi connectivity index (χ4n) is 2.43. The SMILES string of the molecule is O=C(NCC#Cc1ccc(N2CCOC2=O)cc1)c1c(F)cccc1F. The van der Waals surface area contributed by atoms with Crippen molar-refractivity contribution in [3.63, 3.8) is 0 Å². The normalized spacial score (nSPS) is 13.0. The first-order chi connectivity index (χ1) is 12.6. The summed E-state index contributed by atoms with van der Waals surface area (Å²) in [6, 6.07) is 10.2. The smallest absolute Gasteiger partial charge is 0.414 e. The molecule has 1 heterocycles. The van der Waals surface area contributed by atoms with Crippen LogP contribution in [0.3, 0.4) is 0 Å². The quantitative estimate of drug-likeness (QED) is 0.861. The zero-order chi connectivity index (χ0) is 18.5. The van der Waals surface area contributed by atoms with E-state index < -0.39 is 23.1 Å². The maximum Gasteiger partial charge on any atom is 0.414 e. The number of carbonyl (C=O) groups is 2. The van der Waals surface area contributed by atoms with E-state index in [9.17, 15) is 18.4 Å². The lowest BCUT2D eigenvalue weighted by Gasteiger charge is -2.11. The lowest BCUT2D eigenvalue weighted by molar-refractivity contribution is 0.0950. The third kappa shape index (κ3) is 3.81. The van der Waals surface area contributed by atoms with E-state index in [0.29, 0.717) is 24.4 Å². The lowest BCUT2D eigenvalue weighted by atomic mass is 10.2. The van der Waals surface area contributed by atoms with Crippen LogP contribution >= 0.6 is 0 Å². The fourth-order valence-corrected chi connectivity index (χ4v) is 2.43. The standard InChI is InChI=1S/C19H14F2N2O3/c20-15-4-1-5-16(21)17(15)18(24)22-10-2-3-13-6-8-14(9-7-13)23-11-12-26-19(23)25/h1,4-9H,10-12H2,(H,22,24). The molecule has 2 aromatic rings. The van der Waals surface area contributed by atoms with E-state index in [4.69, 9.17) is 4.74 Å². The van der Waals surface area contributed by atoms with Crippen molar-refractivity contribution in [3.8, 4) is 11.8 Å². The first kappa shape index (κ1) is 17.4. The van der Waals surface area contributed by atoms with Crippen LogP contribution < -0.4 is 10.2 Å². The summed E-state index contributed by atoms with van der Waals surface area (Å²) in [5, 5.41) is 2.35. The monoisotopic (exact) mass is 356 g/mol. The molecule has 0 spiro atoms. The van der Waals surface area contributed by atoms with Crippen LogP contribution in [-0.2, 0) is 4.74 Å².